The predicted octanol–water partition coefficient (Wildman–Crippen LogP) is 0.245. The molecule has 1 aromatic carbocycles. The molecular weight excluding hydrogens is 454 g/mol. The number of hydrogen-bond acceptors (Lipinski definition) is 11. The third kappa shape index (κ3) is 4.08. The molecule has 4 aromatic rings. The Kier molecular flexibility index (Phi) is 5.47. The number of H-pyrrole nitrogens is 2. The van der Waals surface area contributed by atoms with Crippen molar-refractivity contribution in [2.45, 2.75) is 11.8 Å². The number of rotatable bonds is 5. The summed E-state index contributed by atoms with van der Waals surface area (Å²) >= 11 is -2.39. The van der Waals surface area contributed by atoms with Gasteiger partial charge in [-0.1, -0.05) is 0 Å². The van der Waals surface area contributed by atoms with Gasteiger partial charge in [-0.3, -0.25) is 14.2 Å². The van der Waals surface area contributed by atoms with Gasteiger partial charge in [0.15, 0.2) is 17.3 Å². The average molecular weight is 466 g/mol. The van der Waals surface area contributed by atoms with Crippen LogP contribution in [0.5, 0.6) is 0 Å². The van der Waals surface area contributed by atoms with E-state index < -0.39 is 22.5 Å². The minimum absolute atomic E-state index is 0.0581. The Labute approximate surface area is 185 Å². The maximum atomic E-state index is 11.5. The van der Waals surface area contributed by atoms with E-state index in [2.05, 4.69) is 30.4 Å². The van der Waals surface area contributed by atoms with Gasteiger partial charge in [0.2, 0.25) is 5.95 Å². The molecule has 0 aliphatic heterocycles. The summed E-state index contributed by atoms with van der Waals surface area (Å²) in [6, 6.07) is 7.67. The molecule has 4 N–H and O–H groups in total. The van der Waals surface area contributed by atoms with Crippen LogP contribution < -0.4 is 17.1 Å². The number of azo groups is 1. The van der Waals surface area contributed by atoms with Crippen LogP contribution in [0.2, 0.25) is 0 Å². The Morgan fingerprint density at radius 1 is 1.18 bits per heavy atom. The van der Waals surface area contributed by atoms with Gasteiger partial charge in [-0.05, 0) is 42.3 Å². The average Bonchev–Trinajstić information content (AvgIpc) is 3.31. The highest BCUT2D eigenvalue weighted by Crippen LogP contribution is 2.31. The first-order valence-corrected chi connectivity index (χ1v) is 10.0. The van der Waals surface area contributed by atoms with Crippen LogP contribution in [0.25, 0.3) is 11.6 Å². The number of hydrogen-bond donors (Lipinski definition) is 3. The second-order valence-corrected chi connectivity index (χ2v) is 7.33. The SMILES string of the molecule is Cc1nn(-c2nc(=O)[nH]c(=O)[nH]2)c(N)c1N=Nc1c(C#N)cnn1-c1ccc(S(=O)[O-])cc1. The number of benzene rings is 1. The standard InChI is InChI=1S/C17H13N11O4S/c1-8-12(13(19)28(26-8)15-21-16(29)23-17(30)22-15)24-25-14-9(6-18)7-20-27(14)10-2-4-11(5-3-10)33(31)32/h2-5,7H,19H2,1H3,(H,31,32)(H2,21,22,23,29,30)/p-1. The van der Waals surface area contributed by atoms with Gasteiger partial charge in [-0.2, -0.15) is 25.1 Å². The smallest absolute Gasteiger partial charge is 0.352 e. The summed E-state index contributed by atoms with van der Waals surface area (Å²) < 4.78 is 24.5. The Morgan fingerprint density at radius 2 is 1.91 bits per heavy atom. The summed E-state index contributed by atoms with van der Waals surface area (Å²) in [5.74, 6) is -0.232. The van der Waals surface area contributed by atoms with Gasteiger partial charge in [0, 0.05) is 4.90 Å². The highest BCUT2D eigenvalue weighted by Gasteiger charge is 2.17. The monoisotopic (exact) mass is 466 g/mol. The van der Waals surface area contributed by atoms with E-state index in [0.29, 0.717) is 11.4 Å². The van der Waals surface area contributed by atoms with Crippen LogP contribution in [-0.2, 0) is 11.1 Å². The molecule has 0 saturated heterocycles. The first-order chi connectivity index (χ1) is 15.8. The Balaban J connectivity index is 1.76. The molecule has 4 rings (SSSR count). The molecule has 0 spiro atoms. The zero-order valence-electron chi connectivity index (χ0n) is 16.6. The number of nitrogen functional groups attached to an aromatic ring is 1. The van der Waals surface area contributed by atoms with Crippen molar-refractivity contribution < 1.29 is 8.76 Å². The fourth-order valence-corrected chi connectivity index (χ4v) is 3.16. The van der Waals surface area contributed by atoms with Gasteiger partial charge in [-0.25, -0.2) is 14.3 Å². The molecule has 15 nitrogen and oxygen atoms in total. The molecule has 0 aliphatic rings. The summed E-state index contributed by atoms with van der Waals surface area (Å²) in [4.78, 5) is 30.9. The van der Waals surface area contributed by atoms with Gasteiger partial charge >= 0.3 is 11.4 Å². The summed E-state index contributed by atoms with van der Waals surface area (Å²) in [6.07, 6.45) is 1.28. The number of aromatic amines is 2. The molecule has 3 heterocycles. The van der Waals surface area contributed by atoms with Crippen molar-refractivity contribution in [3.05, 3.63) is 62.7 Å². The van der Waals surface area contributed by atoms with Crippen molar-refractivity contribution in [1.29, 1.82) is 5.26 Å². The topological polar surface area (TPSA) is 229 Å². The maximum Gasteiger partial charge on any atom is 0.352 e. The third-order valence-electron chi connectivity index (χ3n) is 4.30. The zero-order valence-corrected chi connectivity index (χ0v) is 17.4. The molecule has 16 heteroatoms. The molecule has 0 radical (unpaired) electrons. The molecule has 0 saturated carbocycles. The Bertz CT molecular complexity index is 1540. The summed E-state index contributed by atoms with van der Waals surface area (Å²) in [6.45, 7) is 1.57. The van der Waals surface area contributed by atoms with Gasteiger partial charge < -0.3 is 10.3 Å². The van der Waals surface area contributed by atoms with Crippen molar-refractivity contribution in [3.8, 4) is 17.7 Å². The third-order valence-corrected chi connectivity index (χ3v) is 4.96. The Morgan fingerprint density at radius 3 is 2.55 bits per heavy atom. The number of nitrogens with one attached hydrogen (secondary N) is 2. The predicted molar refractivity (Wildman–Crippen MR) is 111 cm³/mol. The lowest BCUT2D eigenvalue weighted by molar-refractivity contribution is 0.537. The molecule has 1 unspecified atom stereocenters. The molecule has 166 valence electrons. The molecule has 3 aromatic heterocycles. The van der Waals surface area contributed by atoms with Crippen LogP contribution in [0.3, 0.4) is 0 Å². The number of anilines is 1. The lowest BCUT2D eigenvalue weighted by Crippen LogP contribution is -2.28. The van der Waals surface area contributed by atoms with E-state index in [4.69, 9.17) is 5.73 Å². The van der Waals surface area contributed by atoms with Gasteiger partial charge in [0.1, 0.15) is 11.6 Å². The molecule has 0 amide bonds. The van der Waals surface area contributed by atoms with E-state index in [1.807, 2.05) is 11.1 Å². The largest absolute Gasteiger partial charge is 0.768 e. The molecule has 0 fully saturated rings. The Hall–Kier alpha value is -4.75. The fraction of sp³-hybridized carbons (Fsp3) is 0.0588. The van der Waals surface area contributed by atoms with E-state index in [0.717, 1.165) is 4.68 Å². The minimum atomic E-state index is -2.39. The second-order valence-electron chi connectivity index (χ2n) is 6.38. The van der Waals surface area contributed by atoms with Crippen LogP contribution >= 0.6 is 0 Å². The lowest BCUT2D eigenvalue weighted by atomic mass is 10.3. The van der Waals surface area contributed by atoms with Crippen molar-refractivity contribution in [2.24, 2.45) is 10.2 Å². The molecule has 0 bridgehead atoms. The number of nitrogens with two attached hydrogens (primary N) is 1. The van der Waals surface area contributed by atoms with Crippen molar-refractivity contribution >= 4 is 28.4 Å². The van der Waals surface area contributed by atoms with E-state index in [9.17, 15) is 23.6 Å². The van der Waals surface area contributed by atoms with Gasteiger partial charge in [0.05, 0.1) is 17.6 Å². The zero-order chi connectivity index (χ0) is 23.7. The summed E-state index contributed by atoms with van der Waals surface area (Å²) in [5.41, 5.74) is 5.31. The normalized spacial score (nSPS) is 12.2. The first kappa shape index (κ1) is 21.5. The van der Waals surface area contributed by atoms with E-state index in [1.165, 1.54) is 35.1 Å². The van der Waals surface area contributed by atoms with Crippen LogP contribution in [0.1, 0.15) is 11.3 Å². The van der Waals surface area contributed by atoms with Gasteiger partial charge in [-0.15, -0.1) is 10.2 Å². The maximum absolute atomic E-state index is 11.5. The molecule has 0 aliphatic carbocycles. The number of nitrogens with zero attached hydrogens (tertiary/aromatic N) is 8. The second kappa shape index (κ2) is 8.41. The molecular formula is C17H12N11O4S-. The number of aromatic nitrogens is 7. The van der Waals surface area contributed by atoms with Gasteiger partial charge in [0.25, 0.3) is 0 Å². The highest BCUT2D eigenvalue weighted by molar-refractivity contribution is 7.79. The van der Waals surface area contributed by atoms with Crippen LogP contribution in [0.4, 0.5) is 17.3 Å². The van der Waals surface area contributed by atoms with Crippen LogP contribution in [-0.4, -0.2) is 43.3 Å². The molecule has 1 atom stereocenters. The quantitative estimate of drug-likeness (QED) is 0.270. The summed E-state index contributed by atoms with van der Waals surface area (Å²) in [5, 5.41) is 25.8. The van der Waals surface area contributed by atoms with Crippen LogP contribution in [0.15, 0.2) is 55.2 Å². The van der Waals surface area contributed by atoms with E-state index in [-0.39, 0.29) is 33.7 Å². The highest BCUT2D eigenvalue weighted by atomic mass is 32.2. The van der Waals surface area contributed by atoms with Crippen molar-refractivity contribution in [1.82, 2.24) is 34.5 Å². The van der Waals surface area contributed by atoms with E-state index >= 15 is 0 Å². The minimum Gasteiger partial charge on any atom is -0.768 e. The first-order valence-electron chi connectivity index (χ1n) is 8.94. The molecule has 33 heavy (non-hydrogen) atoms. The number of aryl methyl sites for hydroxylation is 1. The lowest BCUT2D eigenvalue weighted by Gasteiger charge is -2.07. The van der Waals surface area contributed by atoms with Crippen molar-refractivity contribution in [3.63, 3.8) is 0 Å². The van der Waals surface area contributed by atoms with Crippen LogP contribution in [0, 0.1) is 18.3 Å². The van der Waals surface area contributed by atoms with Crippen molar-refractivity contribution in [2.75, 3.05) is 5.73 Å². The number of nitriles is 1. The van der Waals surface area contributed by atoms with E-state index in [1.54, 1.807) is 6.92 Å². The summed E-state index contributed by atoms with van der Waals surface area (Å²) in [7, 11) is 0. The fourth-order valence-electron chi connectivity index (χ4n) is 2.81.